The van der Waals surface area contributed by atoms with E-state index in [1.165, 1.54) is 12.4 Å². The Morgan fingerprint density at radius 3 is 2.48 bits per heavy atom. The van der Waals surface area contributed by atoms with Gasteiger partial charge in [0.1, 0.15) is 36.2 Å². The molecule has 2 aromatic carbocycles. The van der Waals surface area contributed by atoms with Crippen molar-refractivity contribution in [2.75, 3.05) is 11.9 Å². The third-order valence-electron chi connectivity index (χ3n) is 6.22. The number of carboxylic acid groups (broad SMARTS) is 1. The first-order chi connectivity index (χ1) is 19.2. The predicted octanol–water partition coefficient (Wildman–Crippen LogP) is 6.46. The number of nitrogens with one attached hydrogen (secondary N) is 1. The predicted molar refractivity (Wildman–Crippen MR) is 157 cm³/mol. The van der Waals surface area contributed by atoms with Gasteiger partial charge >= 0.3 is 6.09 Å². The average molecular weight is 557 g/mol. The third-order valence-corrected chi connectivity index (χ3v) is 7.92. The van der Waals surface area contributed by atoms with E-state index in [0.29, 0.717) is 37.1 Å². The van der Waals surface area contributed by atoms with Gasteiger partial charge in [-0.2, -0.15) is 9.78 Å². The zero-order chi connectivity index (χ0) is 28.1. The standard InChI is InChI=1S/C29H32N6O4Si/c1-40(2,3)16-15-38-20-34-27(22-9-11-24(12-10-22)39-19-21-7-5-4-6-8-21)32-25-13-14-26(33-28(25)34)31-23-17-30-35(18-23)29(36)37/h4-14,17-18H,15-16,19-20H2,1-3H3,(H,31,33)(H,36,37). The largest absolute Gasteiger partial charge is 0.489 e. The van der Waals surface area contributed by atoms with Crippen LogP contribution in [-0.2, 0) is 18.1 Å². The van der Waals surface area contributed by atoms with E-state index in [1.807, 2.05) is 65.2 Å². The molecule has 206 valence electrons. The number of carbonyl (C=O) groups is 1. The number of anilines is 2. The molecule has 2 N–H and O–H groups in total. The van der Waals surface area contributed by atoms with Crippen molar-refractivity contribution in [2.45, 2.75) is 39.0 Å². The van der Waals surface area contributed by atoms with Gasteiger partial charge in [0.05, 0.1) is 18.1 Å². The van der Waals surface area contributed by atoms with Crippen LogP contribution in [0.2, 0.25) is 25.7 Å². The molecular formula is C29H32N6O4Si. The van der Waals surface area contributed by atoms with E-state index in [4.69, 9.17) is 24.5 Å². The zero-order valence-electron chi connectivity index (χ0n) is 22.7. The summed E-state index contributed by atoms with van der Waals surface area (Å²) in [7, 11) is -1.25. The molecule has 3 aromatic heterocycles. The van der Waals surface area contributed by atoms with Gasteiger partial charge in [0, 0.05) is 20.2 Å². The van der Waals surface area contributed by atoms with E-state index in [-0.39, 0.29) is 0 Å². The Morgan fingerprint density at radius 2 is 1.77 bits per heavy atom. The highest BCUT2D eigenvalue weighted by atomic mass is 28.3. The van der Waals surface area contributed by atoms with E-state index in [9.17, 15) is 4.79 Å². The van der Waals surface area contributed by atoms with Crippen molar-refractivity contribution in [2.24, 2.45) is 0 Å². The molecule has 10 nitrogen and oxygen atoms in total. The van der Waals surface area contributed by atoms with Crippen LogP contribution in [0.3, 0.4) is 0 Å². The fraction of sp³-hybridized carbons (Fsp3) is 0.241. The Bertz CT molecular complexity index is 1590. The summed E-state index contributed by atoms with van der Waals surface area (Å²) in [5.41, 5.74) is 3.91. The lowest BCUT2D eigenvalue weighted by Gasteiger charge is -2.16. The van der Waals surface area contributed by atoms with Gasteiger partial charge in [-0.3, -0.25) is 4.57 Å². The number of hydrogen-bond donors (Lipinski definition) is 2. The first-order valence-electron chi connectivity index (χ1n) is 13.0. The molecule has 0 aliphatic heterocycles. The Hall–Kier alpha value is -4.48. The molecular weight excluding hydrogens is 524 g/mol. The van der Waals surface area contributed by atoms with Gasteiger partial charge < -0.3 is 19.9 Å². The molecule has 0 unspecified atom stereocenters. The van der Waals surface area contributed by atoms with Gasteiger partial charge in [0.2, 0.25) is 0 Å². The molecule has 0 atom stereocenters. The molecule has 0 radical (unpaired) electrons. The number of imidazole rings is 1. The van der Waals surface area contributed by atoms with Crippen LogP contribution in [0.5, 0.6) is 5.75 Å². The van der Waals surface area contributed by atoms with Crippen LogP contribution in [0.15, 0.2) is 79.1 Å². The van der Waals surface area contributed by atoms with Crippen molar-refractivity contribution in [1.82, 2.24) is 24.3 Å². The van der Waals surface area contributed by atoms with Crippen LogP contribution in [0.1, 0.15) is 5.56 Å². The maximum Gasteiger partial charge on any atom is 0.432 e. The second kappa shape index (κ2) is 11.7. The number of hydrogen-bond acceptors (Lipinski definition) is 7. The number of nitrogens with zero attached hydrogens (tertiary/aromatic N) is 5. The lowest BCUT2D eigenvalue weighted by Crippen LogP contribution is -2.22. The monoisotopic (exact) mass is 556 g/mol. The number of fused-ring (bicyclic) bond motifs is 1. The average Bonchev–Trinajstić information content (AvgIpc) is 3.55. The van der Waals surface area contributed by atoms with Crippen LogP contribution < -0.4 is 10.1 Å². The van der Waals surface area contributed by atoms with E-state index in [0.717, 1.165) is 38.9 Å². The number of ether oxygens (including phenoxy) is 2. The number of benzene rings is 2. The Balaban J connectivity index is 1.40. The summed E-state index contributed by atoms with van der Waals surface area (Å²) in [6.45, 7) is 8.42. The number of aromatic nitrogens is 5. The molecule has 0 amide bonds. The second-order valence-corrected chi connectivity index (χ2v) is 16.3. The Kier molecular flexibility index (Phi) is 7.94. The lowest BCUT2D eigenvalue weighted by atomic mass is 10.2. The van der Waals surface area contributed by atoms with Crippen LogP contribution in [0.25, 0.3) is 22.6 Å². The van der Waals surface area contributed by atoms with Crippen LogP contribution >= 0.6 is 0 Å². The minimum Gasteiger partial charge on any atom is -0.489 e. The van der Waals surface area contributed by atoms with Crippen molar-refractivity contribution in [3.8, 4) is 17.1 Å². The van der Waals surface area contributed by atoms with Crippen molar-refractivity contribution >= 4 is 36.8 Å². The summed E-state index contributed by atoms with van der Waals surface area (Å²) in [5.74, 6) is 2.05. The molecule has 11 heteroatoms. The van der Waals surface area contributed by atoms with E-state index in [2.05, 4.69) is 30.1 Å². The summed E-state index contributed by atoms with van der Waals surface area (Å²) < 4.78 is 14.9. The van der Waals surface area contributed by atoms with Gasteiger partial charge in [-0.25, -0.2) is 14.8 Å². The maximum absolute atomic E-state index is 11.2. The van der Waals surface area contributed by atoms with E-state index >= 15 is 0 Å². The fourth-order valence-electron chi connectivity index (χ4n) is 4.03. The number of pyridine rings is 1. The number of rotatable bonds is 11. The molecule has 5 rings (SSSR count). The van der Waals surface area contributed by atoms with Crippen molar-refractivity contribution < 1.29 is 19.4 Å². The Labute approximate surface area is 233 Å². The normalized spacial score (nSPS) is 11.6. The van der Waals surface area contributed by atoms with Crippen LogP contribution in [-0.4, -0.2) is 50.2 Å². The van der Waals surface area contributed by atoms with Gasteiger partial charge in [-0.1, -0.05) is 50.0 Å². The van der Waals surface area contributed by atoms with E-state index in [1.54, 1.807) is 6.07 Å². The second-order valence-electron chi connectivity index (χ2n) is 10.6. The molecule has 0 saturated heterocycles. The third kappa shape index (κ3) is 6.74. The van der Waals surface area contributed by atoms with Crippen molar-refractivity contribution in [3.05, 3.63) is 84.7 Å². The zero-order valence-corrected chi connectivity index (χ0v) is 23.7. The first kappa shape index (κ1) is 27.1. The van der Waals surface area contributed by atoms with Crippen molar-refractivity contribution in [1.29, 1.82) is 0 Å². The summed E-state index contributed by atoms with van der Waals surface area (Å²) in [4.78, 5) is 20.8. The van der Waals surface area contributed by atoms with Gasteiger partial charge in [0.25, 0.3) is 0 Å². The van der Waals surface area contributed by atoms with Gasteiger partial charge in [0.15, 0.2) is 5.65 Å². The highest BCUT2D eigenvalue weighted by molar-refractivity contribution is 6.76. The minimum absolute atomic E-state index is 0.302. The molecule has 5 aromatic rings. The molecule has 0 spiro atoms. The fourth-order valence-corrected chi connectivity index (χ4v) is 4.79. The highest BCUT2D eigenvalue weighted by Gasteiger charge is 2.17. The van der Waals surface area contributed by atoms with Crippen molar-refractivity contribution in [3.63, 3.8) is 0 Å². The van der Waals surface area contributed by atoms with E-state index < -0.39 is 14.2 Å². The van der Waals surface area contributed by atoms with Crippen LogP contribution in [0, 0.1) is 0 Å². The highest BCUT2D eigenvalue weighted by Crippen LogP contribution is 2.28. The molecule has 0 bridgehead atoms. The Morgan fingerprint density at radius 1 is 1.00 bits per heavy atom. The van der Waals surface area contributed by atoms with Crippen LogP contribution in [0.4, 0.5) is 16.3 Å². The summed E-state index contributed by atoms with van der Waals surface area (Å²) in [5, 5.41) is 16.1. The summed E-state index contributed by atoms with van der Waals surface area (Å²) in [6, 6.07) is 22.6. The molecule has 0 aliphatic rings. The summed E-state index contributed by atoms with van der Waals surface area (Å²) >= 11 is 0. The molecule has 40 heavy (non-hydrogen) atoms. The SMILES string of the molecule is C[Si](C)(C)CCOCn1c(-c2ccc(OCc3ccccc3)cc2)nc2ccc(Nc3cnn(C(=O)O)c3)nc21. The lowest BCUT2D eigenvalue weighted by molar-refractivity contribution is 0.0906. The molecule has 0 fully saturated rings. The molecule has 0 aliphatic carbocycles. The smallest absolute Gasteiger partial charge is 0.432 e. The topological polar surface area (TPSA) is 116 Å². The summed E-state index contributed by atoms with van der Waals surface area (Å²) in [6.07, 6.45) is 1.66. The quantitative estimate of drug-likeness (QED) is 0.141. The maximum atomic E-state index is 11.2. The minimum atomic E-state index is -1.25. The first-order valence-corrected chi connectivity index (χ1v) is 16.7. The molecule has 3 heterocycles. The van der Waals surface area contributed by atoms with Gasteiger partial charge in [-0.05, 0) is 48.0 Å². The van der Waals surface area contributed by atoms with Gasteiger partial charge in [-0.15, -0.1) is 0 Å². The molecule has 0 saturated carbocycles.